The van der Waals surface area contributed by atoms with Crippen LogP contribution in [0.5, 0.6) is 5.75 Å². The minimum Gasteiger partial charge on any atom is -0.493 e. The van der Waals surface area contributed by atoms with Crippen molar-refractivity contribution in [1.29, 1.82) is 0 Å². The van der Waals surface area contributed by atoms with E-state index in [1.807, 2.05) is 0 Å². The lowest BCUT2D eigenvalue weighted by Gasteiger charge is -2.13. The van der Waals surface area contributed by atoms with Crippen LogP contribution in [0.1, 0.15) is 18.1 Å². The first-order valence-corrected chi connectivity index (χ1v) is 5.13. The maximum absolute atomic E-state index is 13.5. The van der Waals surface area contributed by atoms with Crippen molar-refractivity contribution in [2.24, 2.45) is 5.92 Å². The van der Waals surface area contributed by atoms with Gasteiger partial charge < -0.3 is 9.84 Å². The average Bonchev–Trinajstić information content (AvgIpc) is 2.28. The Balaban J connectivity index is 3.11. The van der Waals surface area contributed by atoms with E-state index in [9.17, 15) is 13.6 Å². The zero-order valence-corrected chi connectivity index (χ0v) is 9.67. The number of carboxylic acid groups (broad SMARTS) is 1. The van der Waals surface area contributed by atoms with Gasteiger partial charge in [-0.2, -0.15) is 0 Å². The molecule has 1 atom stereocenters. The van der Waals surface area contributed by atoms with Crippen molar-refractivity contribution in [3.8, 4) is 5.75 Å². The second kappa shape index (κ2) is 5.61. The molecule has 0 bridgehead atoms. The van der Waals surface area contributed by atoms with Crippen LogP contribution in [0, 0.1) is 11.7 Å². The zero-order valence-electron chi connectivity index (χ0n) is 9.67. The number of hydrogen-bond donors (Lipinski definition) is 1. The van der Waals surface area contributed by atoms with Gasteiger partial charge in [0.05, 0.1) is 13.0 Å². The van der Waals surface area contributed by atoms with E-state index < -0.39 is 24.4 Å². The highest BCUT2D eigenvalue weighted by molar-refractivity contribution is 5.70. The van der Waals surface area contributed by atoms with E-state index in [1.165, 1.54) is 20.1 Å². The minimum atomic E-state index is -0.988. The van der Waals surface area contributed by atoms with Crippen LogP contribution in [-0.2, 0) is 17.9 Å². The van der Waals surface area contributed by atoms with Gasteiger partial charge in [-0.05, 0) is 29.7 Å². The first kappa shape index (κ1) is 13.4. The fourth-order valence-electron chi connectivity index (χ4n) is 1.59. The van der Waals surface area contributed by atoms with Crippen molar-refractivity contribution in [3.05, 3.63) is 29.1 Å². The van der Waals surface area contributed by atoms with Crippen LogP contribution >= 0.6 is 0 Å². The minimum absolute atomic E-state index is 0.0182. The third kappa shape index (κ3) is 3.15. The third-order valence-electron chi connectivity index (χ3n) is 2.49. The maximum Gasteiger partial charge on any atom is 0.306 e. The molecule has 5 heteroatoms. The van der Waals surface area contributed by atoms with Gasteiger partial charge in [0.25, 0.3) is 0 Å². The lowest BCUT2D eigenvalue weighted by atomic mass is 9.98. The van der Waals surface area contributed by atoms with Crippen LogP contribution in [0.3, 0.4) is 0 Å². The van der Waals surface area contributed by atoms with E-state index >= 15 is 0 Å². The Hall–Kier alpha value is -1.65. The number of aliphatic carboxylic acids is 1. The van der Waals surface area contributed by atoms with Gasteiger partial charge in [0.2, 0.25) is 0 Å². The molecule has 0 fully saturated rings. The van der Waals surface area contributed by atoms with Gasteiger partial charge in [0.1, 0.15) is 6.67 Å². The Morgan fingerprint density at radius 3 is 2.65 bits per heavy atom. The summed E-state index contributed by atoms with van der Waals surface area (Å²) >= 11 is 0. The molecule has 0 aromatic heterocycles. The van der Waals surface area contributed by atoms with Gasteiger partial charge >= 0.3 is 5.97 Å². The molecule has 3 nitrogen and oxygen atoms in total. The van der Waals surface area contributed by atoms with E-state index in [0.29, 0.717) is 5.56 Å². The number of carbonyl (C=O) groups is 1. The summed E-state index contributed by atoms with van der Waals surface area (Å²) in [7, 11) is 1.29. The van der Waals surface area contributed by atoms with Crippen LogP contribution in [0.15, 0.2) is 12.1 Å². The summed E-state index contributed by atoms with van der Waals surface area (Å²) in [5.41, 5.74) is 0.547. The Labute approximate surface area is 98.0 Å². The predicted octanol–water partition coefficient (Wildman–Crippen LogP) is 2.57. The van der Waals surface area contributed by atoms with E-state index in [2.05, 4.69) is 0 Å². The summed E-state index contributed by atoms with van der Waals surface area (Å²) in [5.74, 6) is -2.36. The van der Waals surface area contributed by atoms with Gasteiger partial charge in [0, 0.05) is 0 Å². The van der Waals surface area contributed by atoms with Crippen molar-refractivity contribution < 1.29 is 23.4 Å². The van der Waals surface area contributed by atoms with E-state index in [0.717, 1.165) is 6.07 Å². The van der Waals surface area contributed by atoms with Crippen LogP contribution < -0.4 is 4.74 Å². The summed E-state index contributed by atoms with van der Waals surface area (Å²) in [6.45, 7) is 0.706. The molecule has 1 rings (SSSR count). The second-order valence-corrected chi connectivity index (χ2v) is 3.85. The third-order valence-corrected chi connectivity index (χ3v) is 2.49. The van der Waals surface area contributed by atoms with Crippen molar-refractivity contribution in [2.75, 3.05) is 7.11 Å². The van der Waals surface area contributed by atoms with Crippen molar-refractivity contribution in [3.63, 3.8) is 0 Å². The Bertz CT molecular complexity index is 418. The Morgan fingerprint density at radius 2 is 2.18 bits per heavy atom. The number of halogens is 2. The topological polar surface area (TPSA) is 46.5 Å². The molecular formula is C12H14F2O3. The monoisotopic (exact) mass is 244 g/mol. The van der Waals surface area contributed by atoms with Gasteiger partial charge in [0.15, 0.2) is 11.6 Å². The molecule has 1 N–H and O–H groups in total. The van der Waals surface area contributed by atoms with Crippen LogP contribution in [0.25, 0.3) is 0 Å². The summed E-state index contributed by atoms with van der Waals surface area (Å²) in [4.78, 5) is 10.7. The van der Waals surface area contributed by atoms with Gasteiger partial charge in [-0.15, -0.1) is 0 Å². The molecule has 0 aliphatic rings. The molecule has 0 aliphatic carbocycles. The lowest BCUT2D eigenvalue weighted by Crippen LogP contribution is -2.13. The number of alkyl halides is 1. The molecule has 0 spiro atoms. The number of rotatable bonds is 5. The van der Waals surface area contributed by atoms with E-state index in [-0.39, 0.29) is 17.7 Å². The molecule has 0 saturated heterocycles. The van der Waals surface area contributed by atoms with Crippen LogP contribution in [-0.4, -0.2) is 18.2 Å². The first-order valence-electron chi connectivity index (χ1n) is 5.13. The molecule has 0 heterocycles. The lowest BCUT2D eigenvalue weighted by molar-refractivity contribution is -0.141. The van der Waals surface area contributed by atoms with E-state index in [4.69, 9.17) is 9.84 Å². The largest absolute Gasteiger partial charge is 0.493 e. The normalized spacial score (nSPS) is 12.2. The van der Waals surface area contributed by atoms with Crippen LogP contribution in [0.2, 0.25) is 0 Å². The number of hydrogen-bond acceptors (Lipinski definition) is 2. The molecule has 17 heavy (non-hydrogen) atoms. The van der Waals surface area contributed by atoms with Crippen molar-refractivity contribution in [1.82, 2.24) is 0 Å². The molecular weight excluding hydrogens is 230 g/mol. The Kier molecular flexibility index (Phi) is 4.43. The highest BCUT2D eigenvalue weighted by Crippen LogP contribution is 2.27. The number of ether oxygens (including phenoxy) is 1. The average molecular weight is 244 g/mol. The predicted molar refractivity (Wildman–Crippen MR) is 58.3 cm³/mol. The summed E-state index contributed by atoms with van der Waals surface area (Å²) in [6, 6.07) is 2.48. The smallest absolute Gasteiger partial charge is 0.306 e. The second-order valence-electron chi connectivity index (χ2n) is 3.85. The van der Waals surface area contributed by atoms with Crippen molar-refractivity contribution >= 4 is 5.97 Å². The number of benzene rings is 1. The molecule has 94 valence electrons. The molecule has 0 saturated carbocycles. The molecule has 1 aromatic carbocycles. The van der Waals surface area contributed by atoms with E-state index in [1.54, 1.807) is 0 Å². The van der Waals surface area contributed by atoms with Crippen LogP contribution in [0.4, 0.5) is 8.78 Å². The fraction of sp³-hybridized carbons (Fsp3) is 0.417. The molecule has 0 aliphatic heterocycles. The zero-order chi connectivity index (χ0) is 13.0. The molecule has 0 amide bonds. The fourth-order valence-corrected chi connectivity index (χ4v) is 1.59. The highest BCUT2D eigenvalue weighted by Gasteiger charge is 2.18. The number of carboxylic acids is 1. The SMILES string of the molecule is COc1c(F)cc(CF)cc1CC(C)C(=O)O. The quantitative estimate of drug-likeness (QED) is 0.865. The van der Waals surface area contributed by atoms with Gasteiger partial charge in [-0.1, -0.05) is 6.92 Å². The number of methoxy groups -OCH3 is 1. The summed E-state index contributed by atoms with van der Waals surface area (Å²) in [6.07, 6.45) is 0.100. The first-order chi connectivity index (χ1) is 7.99. The van der Waals surface area contributed by atoms with Crippen molar-refractivity contribution in [2.45, 2.75) is 20.0 Å². The standard InChI is InChI=1S/C12H14F2O3/c1-7(12(15)16)3-9-4-8(6-13)5-10(14)11(9)17-2/h4-5,7H,3,6H2,1-2H3,(H,15,16). The Morgan fingerprint density at radius 1 is 1.53 bits per heavy atom. The van der Waals surface area contributed by atoms with Gasteiger partial charge in [-0.3, -0.25) is 4.79 Å². The molecule has 0 radical (unpaired) electrons. The molecule has 1 aromatic rings. The molecule has 1 unspecified atom stereocenters. The summed E-state index contributed by atoms with van der Waals surface area (Å²) in [5, 5.41) is 8.79. The summed E-state index contributed by atoms with van der Waals surface area (Å²) < 4.78 is 30.9. The highest BCUT2D eigenvalue weighted by atomic mass is 19.1. The van der Waals surface area contributed by atoms with Gasteiger partial charge in [-0.25, -0.2) is 8.78 Å². The maximum atomic E-state index is 13.5.